The number of carbonyl (C=O) groups is 1. The van der Waals surface area contributed by atoms with E-state index in [1.54, 1.807) is 18.2 Å². The fourth-order valence-corrected chi connectivity index (χ4v) is 2.02. The van der Waals surface area contributed by atoms with E-state index in [4.69, 9.17) is 16.7 Å². The molecule has 0 aliphatic heterocycles. The minimum Gasteiger partial charge on any atom is -0.393 e. The maximum absolute atomic E-state index is 11.5. The van der Waals surface area contributed by atoms with E-state index in [-0.39, 0.29) is 12.1 Å². The molecule has 4 nitrogen and oxygen atoms in total. The van der Waals surface area contributed by atoms with Gasteiger partial charge < -0.3 is 15.7 Å². The van der Waals surface area contributed by atoms with Gasteiger partial charge in [0.05, 0.1) is 16.8 Å². The van der Waals surface area contributed by atoms with Gasteiger partial charge in [0.2, 0.25) is 0 Å². The summed E-state index contributed by atoms with van der Waals surface area (Å²) >= 11 is 5.91. The van der Waals surface area contributed by atoms with E-state index in [2.05, 4.69) is 10.6 Å². The number of para-hydroxylation sites is 1. The molecule has 1 fully saturated rings. The predicted molar refractivity (Wildman–Crippen MR) is 67.2 cm³/mol. The molecule has 5 heteroatoms. The zero-order valence-corrected chi connectivity index (χ0v) is 10.1. The molecule has 2 amide bonds. The molecule has 0 spiro atoms. The van der Waals surface area contributed by atoms with Gasteiger partial charge in [-0.05, 0) is 30.9 Å². The number of halogens is 1. The Morgan fingerprint density at radius 2 is 2.12 bits per heavy atom. The molecule has 17 heavy (non-hydrogen) atoms. The van der Waals surface area contributed by atoms with E-state index in [0.717, 1.165) is 12.8 Å². The van der Waals surface area contributed by atoms with Crippen molar-refractivity contribution in [2.24, 2.45) is 5.92 Å². The number of aliphatic hydroxyl groups is 1. The van der Waals surface area contributed by atoms with E-state index < -0.39 is 0 Å². The number of anilines is 1. The smallest absolute Gasteiger partial charge is 0.319 e. The lowest BCUT2D eigenvalue weighted by Gasteiger charge is -2.31. The van der Waals surface area contributed by atoms with Crippen molar-refractivity contribution in [3.63, 3.8) is 0 Å². The highest BCUT2D eigenvalue weighted by atomic mass is 35.5. The maximum atomic E-state index is 11.5. The zero-order valence-electron chi connectivity index (χ0n) is 9.32. The normalized spacial score (nSPS) is 22.7. The minimum absolute atomic E-state index is 0.187. The van der Waals surface area contributed by atoms with Crippen molar-refractivity contribution in [3.8, 4) is 0 Å². The molecular weight excluding hydrogens is 240 g/mol. The summed E-state index contributed by atoms with van der Waals surface area (Å²) in [6.45, 7) is 0.591. The van der Waals surface area contributed by atoms with Gasteiger partial charge in [0.1, 0.15) is 0 Å². The van der Waals surface area contributed by atoms with E-state index in [0.29, 0.717) is 23.2 Å². The summed E-state index contributed by atoms with van der Waals surface area (Å²) in [6.07, 6.45) is 1.35. The number of aliphatic hydroxyl groups excluding tert-OH is 1. The number of hydrogen-bond acceptors (Lipinski definition) is 2. The van der Waals surface area contributed by atoms with Crippen LogP contribution in [0.25, 0.3) is 0 Å². The molecule has 0 atom stereocenters. The Bertz CT molecular complexity index is 405. The molecular formula is C12H15ClN2O2. The van der Waals surface area contributed by atoms with E-state index >= 15 is 0 Å². The molecule has 2 rings (SSSR count). The second kappa shape index (κ2) is 5.38. The number of nitrogens with one attached hydrogen (secondary N) is 2. The molecule has 1 aliphatic rings. The van der Waals surface area contributed by atoms with Crippen LogP contribution in [0.1, 0.15) is 12.8 Å². The summed E-state index contributed by atoms with van der Waals surface area (Å²) in [5.41, 5.74) is 0.598. The van der Waals surface area contributed by atoms with Crippen LogP contribution in [0.15, 0.2) is 24.3 Å². The topological polar surface area (TPSA) is 61.4 Å². The number of benzene rings is 1. The Morgan fingerprint density at radius 3 is 2.76 bits per heavy atom. The predicted octanol–water partition coefficient (Wildman–Crippen LogP) is 2.23. The van der Waals surface area contributed by atoms with Crippen molar-refractivity contribution in [1.29, 1.82) is 0 Å². The van der Waals surface area contributed by atoms with Gasteiger partial charge in [-0.2, -0.15) is 0 Å². The largest absolute Gasteiger partial charge is 0.393 e. The van der Waals surface area contributed by atoms with Crippen LogP contribution in [-0.4, -0.2) is 23.8 Å². The highest BCUT2D eigenvalue weighted by Crippen LogP contribution is 2.26. The van der Waals surface area contributed by atoms with Crippen LogP contribution in [0.4, 0.5) is 10.5 Å². The van der Waals surface area contributed by atoms with E-state index in [1.807, 2.05) is 6.07 Å². The van der Waals surface area contributed by atoms with Crippen molar-refractivity contribution < 1.29 is 9.90 Å². The second-order valence-electron chi connectivity index (χ2n) is 4.31. The molecule has 0 saturated heterocycles. The number of carbonyl (C=O) groups excluding carboxylic acids is 1. The van der Waals surface area contributed by atoms with Crippen LogP contribution in [0, 0.1) is 5.92 Å². The van der Waals surface area contributed by atoms with Gasteiger partial charge in [0.15, 0.2) is 0 Å². The Balaban J connectivity index is 1.76. The lowest BCUT2D eigenvalue weighted by atomic mass is 9.82. The molecule has 0 bridgehead atoms. The van der Waals surface area contributed by atoms with Crippen LogP contribution in [-0.2, 0) is 0 Å². The summed E-state index contributed by atoms with van der Waals surface area (Å²) in [4.78, 5) is 11.5. The average molecular weight is 255 g/mol. The van der Waals surface area contributed by atoms with E-state index in [1.165, 1.54) is 0 Å². The second-order valence-corrected chi connectivity index (χ2v) is 4.71. The zero-order chi connectivity index (χ0) is 12.3. The summed E-state index contributed by atoms with van der Waals surface area (Å²) in [6, 6.07) is 6.82. The fourth-order valence-electron chi connectivity index (χ4n) is 1.83. The monoisotopic (exact) mass is 254 g/mol. The Morgan fingerprint density at radius 1 is 1.41 bits per heavy atom. The van der Waals surface area contributed by atoms with Crippen molar-refractivity contribution >= 4 is 23.3 Å². The molecule has 0 heterocycles. The van der Waals surface area contributed by atoms with Crippen LogP contribution in [0.3, 0.4) is 0 Å². The lowest BCUT2D eigenvalue weighted by molar-refractivity contribution is 0.0443. The lowest BCUT2D eigenvalue weighted by Crippen LogP contribution is -2.40. The molecule has 1 saturated carbocycles. The van der Waals surface area contributed by atoms with Gasteiger partial charge in [-0.1, -0.05) is 23.7 Å². The van der Waals surface area contributed by atoms with Gasteiger partial charge in [-0.15, -0.1) is 0 Å². The molecule has 0 unspecified atom stereocenters. The summed E-state index contributed by atoms with van der Waals surface area (Å²) in [5.74, 6) is 0.391. The van der Waals surface area contributed by atoms with Gasteiger partial charge >= 0.3 is 6.03 Å². The quantitative estimate of drug-likeness (QED) is 0.775. The average Bonchev–Trinajstić information content (AvgIpc) is 2.26. The van der Waals surface area contributed by atoms with Gasteiger partial charge in [0.25, 0.3) is 0 Å². The van der Waals surface area contributed by atoms with Crippen molar-refractivity contribution in [3.05, 3.63) is 29.3 Å². The SMILES string of the molecule is O=C(NCC1CC(O)C1)Nc1ccccc1Cl. The number of rotatable bonds is 3. The first-order valence-corrected chi connectivity index (χ1v) is 6.00. The van der Waals surface area contributed by atoms with Crippen molar-refractivity contribution in [1.82, 2.24) is 5.32 Å². The Hall–Kier alpha value is -1.26. The molecule has 1 aromatic rings. The summed E-state index contributed by atoms with van der Waals surface area (Å²) in [7, 11) is 0. The van der Waals surface area contributed by atoms with Crippen molar-refractivity contribution in [2.45, 2.75) is 18.9 Å². The van der Waals surface area contributed by atoms with Crippen LogP contribution >= 0.6 is 11.6 Å². The Kier molecular flexibility index (Phi) is 3.86. The molecule has 3 N–H and O–H groups in total. The fraction of sp³-hybridized carbons (Fsp3) is 0.417. The molecule has 1 aliphatic carbocycles. The number of urea groups is 1. The molecule has 0 aromatic heterocycles. The molecule has 1 aromatic carbocycles. The molecule has 92 valence electrons. The van der Waals surface area contributed by atoms with Crippen LogP contribution in [0.2, 0.25) is 5.02 Å². The first kappa shape index (κ1) is 12.2. The minimum atomic E-state index is -0.264. The summed E-state index contributed by atoms with van der Waals surface area (Å²) < 4.78 is 0. The number of hydrogen-bond donors (Lipinski definition) is 3. The third kappa shape index (κ3) is 3.35. The first-order valence-electron chi connectivity index (χ1n) is 5.62. The van der Waals surface area contributed by atoms with E-state index in [9.17, 15) is 4.79 Å². The molecule has 0 radical (unpaired) electrons. The third-order valence-electron chi connectivity index (χ3n) is 2.88. The van der Waals surface area contributed by atoms with Crippen molar-refractivity contribution in [2.75, 3.05) is 11.9 Å². The van der Waals surface area contributed by atoms with Gasteiger partial charge in [-0.3, -0.25) is 0 Å². The first-order chi connectivity index (χ1) is 8.15. The maximum Gasteiger partial charge on any atom is 0.319 e. The highest BCUT2D eigenvalue weighted by Gasteiger charge is 2.27. The Labute approximate surface area is 105 Å². The third-order valence-corrected chi connectivity index (χ3v) is 3.21. The van der Waals surface area contributed by atoms with Gasteiger partial charge in [0, 0.05) is 6.54 Å². The summed E-state index contributed by atoms with van der Waals surface area (Å²) in [5, 5.41) is 15.1. The standard InChI is InChI=1S/C12H15ClN2O2/c13-10-3-1-2-4-11(10)15-12(17)14-7-8-5-9(16)6-8/h1-4,8-9,16H,5-7H2,(H2,14,15,17). The van der Waals surface area contributed by atoms with Crippen LogP contribution in [0.5, 0.6) is 0 Å². The van der Waals surface area contributed by atoms with Gasteiger partial charge in [-0.25, -0.2) is 4.79 Å². The number of amides is 2. The highest BCUT2D eigenvalue weighted by molar-refractivity contribution is 6.33. The van der Waals surface area contributed by atoms with Crippen LogP contribution < -0.4 is 10.6 Å².